The van der Waals surface area contributed by atoms with Crippen LogP contribution in [0.25, 0.3) is 11.3 Å². The number of alkyl halides is 3. The fourth-order valence-corrected chi connectivity index (χ4v) is 4.84. The van der Waals surface area contributed by atoms with E-state index in [2.05, 4.69) is 4.98 Å². The molecule has 2 N–H and O–H groups in total. The maximum absolute atomic E-state index is 14.6. The number of pyridine rings is 1. The number of carbonyl (C=O) groups excluding carboxylic acids is 2. The number of hydrogen-bond donors (Lipinski definition) is 2. The Morgan fingerprint density at radius 2 is 1.77 bits per heavy atom. The lowest BCUT2D eigenvalue weighted by molar-refractivity contribution is -0.265. The molecule has 8 nitrogen and oxygen atoms in total. The standard InChI is InChI=1S/C31H32ClF4N3O5/c1-28(2,3)44-26(40)37-18-30(42,31(34,35)36)25-16-21(15-24(38-25)20-10-11-23(33)22(32)14-20)29(4)12-13-39(29)27(41)43-17-19-8-6-5-7-9-19/h5-11,14-16,42H,12-13,17-18H2,1-4H3,(H,37,40)/t29-,30?/m0/s1. The molecule has 2 aromatic carbocycles. The number of nitrogens with zero attached hydrogens (tertiary/aromatic N) is 2. The van der Waals surface area contributed by atoms with Crippen LogP contribution < -0.4 is 5.32 Å². The molecule has 0 spiro atoms. The van der Waals surface area contributed by atoms with E-state index in [1.165, 1.54) is 43.9 Å². The molecule has 0 aliphatic carbocycles. The van der Waals surface area contributed by atoms with E-state index in [4.69, 9.17) is 21.1 Å². The third-order valence-electron chi connectivity index (χ3n) is 7.29. The van der Waals surface area contributed by atoms with Crippen molar-refractivity contribution in [1.29, 1.82) is 0 Å². The van der Waals surface area contributed by atoms with Gasteiger partial charge in [-0.1, -0.05) is 41.9 Å². The monoisotopic (exact) mass is 637 g/mol. The van der Waals surface area contributed by atoms with Gasteiger partial charge in [0.2, 0.25) is 5.60 Å². The van der Waals surface area contributed by atoms with Crippen molar-refractivity contribution in [1.82, 2.24) is 15.2 Å². The number of ether oxygens (including phenoxy) is 2. The second-order valence-electron chi connectivity index (χ2n) is 11.7. The summed E-state index contributed by atoms with van der Waals surface area (Å²) in [4.78, 5) is 30.8. The normalized spacial score (nSPS) is 18.2. The van der Waals surface area contributed by atoms with E-state index in [9.17, 15) is 32.3 Å². The summed E-state index contributed by atoms with van der Waals surface area (Å²) in [7, 11) is 0. The first kappa shape index (κ1) is 33.0. The predicted octanol–water partition coefficient (Wildman–Crippen LogP) is 7.07. The van der Waals surface area contributed by atoms with Gasteiger partial charge in [-0.25, -0.2) is 19.0 Å². The molecule has 2 amide bonds. The highest BCUT2D eigenvalue weighted by molar-refractivity contribution is 6.31. The highest BCUT2D eigenvalue weighted by Crippen LogP contribution is 2.45. The van der Waals surface area contributed by atoms with Gasteiger partial charge in [0.25, 0.3) is 0 Å². The maximum Gasteiger partial charge on any atom is 0.424 e. The van der Waals surface area contributed by atoms with Crippen LogP contribution >= 0.6 is 11.6 Å². The minimum Gasteiger partial charge on any atom is -0.445 e. The minimum absolute atomic E-state index is 0.0165. The molecule has 13 heteroatoms. The van der Waals surface area contributed by atoms with Gasteiger partial charge in [0.1, 0.15) is 18.0 Å². The number of amides is 2. The fourth-order valence-electron chi connectivity index (χ4n) is 4.66. The van der Waals surface area contributed by atoms with Gasteiger partial charge in [0.05, 0.1) is 28.5 Å². The lowest BCUT2D eigenvalue weighted by Crippen LogP contribution is -2.58. The molecule has 1 aromatic heterocycles. The molecule has 3 aromatic rings. The van der Waals surface area contributed by atoms with E-state index in [1.807, 2.05) is 11.4 Å². The molecule has 1 fully saturated rings. The molecule has 1 aliphatic heterocycles. The number of carbonyl (C=O) groups is 2. The topological polar surface area (TPSA) is 101 Å². The van der Waals surface area contributed by atoms with Crippen LogP contribution in [0.3, 0.4) is 0 Å². The molecule has 0 bridgehead atoms. The van der Waals surface area contributed by atoms with Crippen molar-refractivity contribution in [3.8, 4) is 11.3 Å². The van der Waals surface area contributed by atoms with Crippen LogP contribution in [-0.2, 0) is 27.2 Å². The molecule has 2 atom stereocenters. The Labute approximate surface area is 256 Å². The number of benzene rings is 2. The van der Waals surface area contributed by atoms with Crippen LogP contribution in [0.15, 0.2) is 60.7 Å². The molecule has 0 saturated carbocycles. The zero-order valence-electron chi connectivity index (χ0n) is 24.5. The average Bonchev–Trinajstić information content (AvgIpc) is 2.94. The summed E-state index contributed by atoms with van der Waals surface area (Å²) in [5.74, 6) is -0.751. The number of likely N-dealkylation sites (tertiary alicyclic amines) is 1. The van der Waals surface area contributed by atoms with Crippen LogP contribution in [0.1, 0.15) is 50.9 Å². The number of nitrogens with one attached hydrogen (secondary N) is 1. The third-order valence-corrected chi connectivity index (χ3v) is 7.58. The third kappa shape index (κ3) is 7.07. The fraction of sp³-hybridized carbons (Fsp3) is 0.387. The summed E-state index contributed by atoms with van der Waals surface area (Å²) in [6.07, 6.45) is -6.84. The van der Waals surface area contributed by atoms with Gasteiger partial charge in [-0.15, -0.1) is 0 Å². The quantitative estimate of drug-likeness (QED) is 0.269. The first-order valence-electron chi connectivity index (χ1n) is 13.7. The van der Waals surface area contributed by atoms with E-state index in [-0.39, 0.29) is 35.0 Å². The van der Waals surface area contributed by atoms with E-state index >= 15 is 0 Å². The molecule has 2 heterocycles. The van der Waals surface area contributed by atoms with Crippen molar-refractivity contribution in [3.63, 3.8) is 0 Å². The summed E-state index contributed by atoms with van der Waals surface area (Å²) < 4.78 is 68.2. The van der Waals surface area contributed by atoms with Gasteiger partial charge in [-0.2, -0.15) is 13.2 Å². The molecule has 1 unspecified atom stereocenters. The van der Waals surface area contributed by atoms with E-state index < -0.39 is 53.2 Å². The summed E-state index contributed by atoms with van der Waals surface area (Å²) in [5, 5.41) is 12.8. The lowest BCUT2D eigenvalue weighted by atomic mass is 9.79. The van der Waals surface area contributed by atoms with Crippen LogP contribution in [0.2, 0.25) is 5.02 Å². The Morgan fingerprint density at radius 1 is 1.09 bits per heavy atom. The molecule has 1 saturated heterocycles. The van der Waals surface area contributed by atoms with Crippen molar-refractivity contribution >= 4 is 23.8 Å². The van der Waals surface area contributed by atoms with Gasteiger partial charge in [0, 0.05) is 12.1 Å². The highest BCUT2D eigenvalue weighted by atomic mass is 35.5. The van der Waals surface area contributed by atoms with E-state index in [1.54, 1.807) is 31.2 Å². The predicted molar refractivity (Wildman–Crippen MR) is 154 cm³/mol. The van der Waals surface area contributed by atoms with Crippen molar-refractivity contribution in [2.45, 2.75) is 63.6 Å². The number of aliphatic hydroxyl groups is 1. The van der Waals surface area contributed by atoms with Crippen molar-refractivity contribution < 1.29 is 41.7 Å². The van der Waals surface area contributed by atoms with E-state index in [0.29, 0.717) is 6.42 Å². The number of rotatable bonds is 7. The Kier molecular flexibility index (Phi) is 9.18. The zero-order valence-corrected chi connectivity index (χ0v) is 25.2. The van der Waals surface area contributed by atoms with Gasteiger partial charge < -0.3 is 19.9 Å². The minimum atomic E-state index is -5.32. The first-order valence-corrected chi connectivity index (χ1v) is 14.0. The van der Waals surface area contributed by atoms with Crippen molar-refractivity contribution in [3.05, 3.63) is 88.3 Å². The highest BCUT2D eigenvalue weighted by Gasteiger charge is 2.57. The van der Waals surface area contributed by atoms with Crippen LogP contribution in [0.5, 0.6) is 0 Å². The number of hydrogen-bond acceptors (Lipinski definition) is 6. The number of alkyl carbamates (subject to hydrolysis) is 1. The van der Waals surface area contributed by atoms with Crippen LogP contribution in [-0.4, -0.2) is 52.0 Å². The van der Waals surface area contributed by atoms with Gasteiger partial charge >= 0.3 is 18.4 Å². The Bertz CT molecular complexity index is 1530. The van der Waals surface area contributed by atoms with Gasteiger partial charge in [0.15, 0.2) is 0 Å². The van der Waals surface area contributed by atoms with Crippen LogP contribution in [0.4, 0.5) is 27.2 Å². The number of aromatic nitrogens is 1. The molecule has 0 radical (unpaired) electrons. The Hall–Kier alpha value is -3.90. The summed E-state index contributed by atoms with van der Waals surface area (Å²) >= 11 is 5.96. The van der Waals surface area contributed by atoms with Crippen LogP contribution in [0, 0.1) is 5.82 Å². The Morgan fingerprint density at radius 3 is 2.34 bits per heavy atom. The second-order valence-corrected chi connectivity index (χ2v) is 12.1. The summed E-state index contributed by atoms with van der Waals surface area (Å²) in [5.41, 5.74) is -5.69. The molecule has 1 aliphatic rings. The summed E-state index contributed by atoms with van der Waals surface area (Å²) in [6.45, 7) is 5.15. The average molecular weight is 638 g/mol. The van der Waals surface area contributed by atoms with Crippen molar-refractivity contribution in [2.75, 3.05) is 13.1 Å². The molecule has 236 valence electrons. The largest absolute Gasteiger partial charge is 0.445 e. The SMILES string of the molecule is CC(C)(C)OC(=O)NCC(O)(c1cc([C@]2(C)CCN2C(=O)OCc2ccccc2)cc(-c2ccc(F)c(Cl)c2)n1)C(F)(F)F. The van der Waals surface area contributed by atoms with Crippen molar-refractivity contribution in [2.24, 2.45) is 0 Å². The molecular weight excluding hydrogens is 606 g/mol. The lowest BCUT2D eigenvalue weighted by Gasteiger charge is -2.50. The van der Waals surface area contributed by atoms with Gasteiger partial charge in [-0.05, 0) is 75.6 Å². The smallest absolute Gasteiger partial charge is 0.424 e. The molecule has 44 heavy (non-hydrogen) atoms. The first-order chi connectivity index (χ1) is 20.4. The molecular formula is C31H32ClF4N3O5. The maximum atomic E-state index is 14.6. The Balaban J connectivity index is 1.76. The molecule has 4 rings (SSSR count). The van der Waals surface area contributed by atoms with Gasteiger partial charge in [-0.3, -0.25) is 4.90 Å². The number of halogens is 5. The summed E-state index contributed by atoms with van der Waals surface area (Å²) in [6, 6.07) is 14.9. The van der Waals surface area contributed by atoms with E-state index in [0.717, 1.165) is 17.7 Å². The second kappa shape index (κ2) is 12.2. The zero-order chi connectivity index (χ0) is 32.5.